The summed E-state index contributed by atoms with van der Waals surface area (Å²) in [4.78, 5) is 31.1. The number of pyridine rings is 1. The summed E-state index contributed by atoms with van der Waals surface area (Å²) in [5, 5.41) is 0.224. The Balaban J connectivity index is 1.37. The van der Waals surface area contributed by atoms with Crippen LogP contribution in [0, 0.1) is 0 Å². The van der Waals surface area contributed by atoms with Crippen molar-refractivity contribution in [3.05, 3.63) is 47.1 Å². The normalized spacial score (nSPS) is 17.9. The summed E-state index contributed by atoms with van der Waals surface area (Å²) in [7, 11) is 0. The highest BCUT2D eigenvalue weighted by molar-refractivity contribution is 6.30. The Kier molecular flexibility index (Phi) is 5.21. The van der Waals surface area contributed by atoms with E-state index in [1.54, 1.807) is 24.3 Å². The van der Waals surface area contributed by atoms with Crippen molar-refractivity contribution in [3.8, 4) is 11.5 Å². The summed E-state index contributed by atoms with van der Waals surface area (Å²) < 4.78 is 11.1. The first-order chi connectivity index (χ1) is 13.6. The van der Waals surface area contributed by atoms with E-state index < -0.39 is 17.9 Å². The average Bonchev–Trinajstić information content (AvgIpc) is 3.26. The molecule has 0 spiro atoms. The van der Waals surface area contributed by atoms with Crippen molar-refractivity contribution in [2.75, 3.05) is 24.6 Å². The summed E-state index contributed by atoms with van der Waals surface area (Å²) in [6.45, 7) is 1.82. The first-order valence-corrected chi connectivity index (χ1v) is 9.39. The molecule has 2 aliphatic rings. The van der Waals surface area contributed by atoms with Crippen molar-refractivity contribution in [1.29, 1.82) is 0 Å². The molecule has 0 aliphatic carbocycles. The number of para-hydroxylation sites is 2. The van der Waals surface area contributed by atoms with E-state index >= 15 is 0 Å². The highest BCUT2D eigenvalue weighted by Crippen LogP contribution is 2.30. The number of ether oxygens (including phenoxy) is 2. The van der Waals surface area contributed by atoms with Crippen LogP contribution in [0.5, 0.6) is 11.5 Å². The van der Waals surface area contributed by atoms with Gasteiger partial charge in [0.05, 0.1) is 0 Å². The minimum atomic E-state index is -0.864. The Morgan fingerprint density at radius 1 is 1.11 bits per heavy atom. The molecule has 4 rings (SSSR count). The van der Waals surface area contributed by atoms with Crippen LogP contribution >= 0.6 is 11.6 Å². The summed E-state index contributed by atoms with van der Waals surface area (Å²) in [6, 6.07) is 10.2. The maximum atomic E-state index is 12.4. The third-order valence-corrected chi connectivity index (χ3v) is 4.77. The maximum absolute atomic E-state index is 12.4. The topological polar surface area (TPSA) is 92.8 Å². The third kappa shape index (κ3) is 3.96. The fraction of sp³-hybridized carbons (Fsp3) is 0.316. The average molecular weight is 403 g/mol. The summed E-state index contributed by atoms with van der Waals surface area (Å²) in [5.41, 5.74) is 5.07. The number of hydrogen-bond donors (Lipinski definition) is 2. The van der Waals surface area contributed by atoms with E-state index in [1.807, 2.05) is 6.07 Å². The Hall–Kier alpha value is -3.00. The van der Waals surface area contributed by atoms with Crippen molar-refractivity contribution in [2.45, 2.75) is 18.9 Å². The van der Waals surface area contributed by atoms with Crippen LogP contribution in [0.4, 0.5) is 5.82 Å². The largest absolute Gasteiger partial charge is 0.485 e. The van der Waals surface area contributed by atoms with Gasteiger partial charge in [-0.25, -0.2) is 4.98 Å². The molecule has 1 aromatic carbocycles. The Labute approximate surface area is 166 Å². The van der Waals surface area contributed by atoms with Gasteiger partial charge in [0.1, 0.15) is 17.6 Å². The number of amides is 2. The van der Waals surface area contributed by atoms with Gasteiger partial charge in [0, 0.05) is 18.7 Å². The van der Waals surface area contributed by atoms with Crippen LogP contribution in [0.1, 0.15) is 23.2 Å². The van der Waals surface area contributed by atoms with Crippen LogP contribution in [0.2, 0.25) is 5.15 Å². The predicted octanol–water partition coefficient (Wildman–Crippen LogP) is 1.94. The predicted molar refractivity (Wildman–Crippen MR) is 103 cm³/mol. The molecule has 0 bridgehead atoms. The molecule has 1 saturated heterocycles. The number of hydrogen-bond acceptors (Lipinski definition) is 6. The van der Waals surface area contributed by atoms with Crippen LogP contribution in [-0.2, 0) is 4.79 Å². The van der Waals surface area contributed by atoms with Gasteiger partial charge >= 0.3 is 0 Å². The van der Waals surface area contributed by atoms with Crippen LogP contribution in [0.25, 0.3) is 0 Å². The molecule has 1 fully saturated rings. The second-order valence-electron chi connectivity index (χ2n) is 6.54. The minimum absolute atomic E-state index is 0.0545. The van der Waals surface area contributed by atoms with E-state index in [4.69, 9.17) is 21.1 Å². The molecule has 1 unspecified atom stereocenters. The fourth-order valence-electron chi connectivity index (χ4n) is 3.14. The van der Waals surface area contributed by atoms with Crippen LogP contribution in [-0.4, -0.2) is 42.6 Å². The maximum Gasteiger partial charge on any atom is 0.283 e. The van der Waals surface area contributed by atoms with E-state index in [2.05, 4.69) is 20.7 Å². The van der Waals surface area contributed by atoms with Crippen LogP contribution in [0.3, 0.4) is 0 Å². The van der Waals surface area contributed by atoms with Crippen molar-refractivity contribution < 1.29 is 19.1 Å². The SMILES string of the molecule is O=C(NNC(=O)C1COc2ccccc2O1)c1cc(Cl)nc(N2CCCC2)c1. The molecule has 0 radical (unpaired) electrons. The lowest BCUT2D eigenvalue weighted by atomic mass is 10.2. The second kappa shape index (κ2) is 7.93. The number of halogens is 1. The number of aromatic nitrogens is 1. The van der Waals surface area contributed by atoms with Gasteiger partial charge in [-0.15, -0.1) is 0 Å². The minimum Gasteiger partial charge on any atom is -0.485 e. The van der Waals surface area contributed by atoms with Crippen LogP contribution in [0.15, 0.2) is 36.4 Å². The van der Waals surface area contributed by atoms with Gasteiger partial charge in [-0.2, -0.15) is 0 Å². The van der Waals surface area contributed by atoms with E-state index in [0.717, 1.165) is 25.9 Å². The molecule has 8 nitrogen and oxygen atoms in total. The third-order valence-electron chi connectivity index (χ3n) is 4.57. The molecule has 2 N–H and O–H groups in total. The van der Waals surface area contributed by atoms with Gasteiger partial charge in [-0.05, 0) is 37.1 Å². The molecule has 2 amide bonds. The molecule has 0 saturated carbocycles. The van der Waals surface area contributed by atoms with E-state index in [9.17, 15) is 9.59 Å². The molecule has 28 heavy (non-hydrogen) atoms. The number of nitrogens with one attached hydrogen (secondary N) is 2. The highest BCUT2D eigenvalue weighted by atomic mass is 35.5. The van der Waals surface area contributed by atoms with Gasteiger partial charge in [0.25, 0.3) is 11.8 Å². The van der Waals surface area contributed by atoms with Gasteiger partial charge < -0.3 is 14.4 Å². The fourth-order valence-corrected chi connectivity index (χ4v) is 3.35. The van der Waals surface area contributed by atoms with Crippen molar-refractivity contribution in [3.63, 3.8) is 0 Å². The van der Waals surface area contributed by atoms with Gasteiger partial charge in [0.2, 0.25) is 6.10 Å². The number of anilines is 1. The second-order valence-corrected chi connectivity index (χ2v) is 6.93. The molecule has 9 heteroatoms. The zero-order valence-corrected chi connectivity index (χ0v) is 15.7. The molecule has 1 atom stereocenters. The first-order valence-electron chi connectivity index (χ1n) is 9.01. The van der Waals surface area contributed by atoms with Crippen molar-refractivity contribution in [2.24, 2.45) is 0 Å². The molecule has 2 aliphatic heterocycles. The first kappa shape index (κ1) is 18.4. The molecule has 2 aromatic rings. The van der Waals surface area contributed by atoms with E-state index in [0.29, 0.717) is 22.9 Å². The monoisotopic (exact) mass is 402 g/mol. The number of nitrogens with zero attached hydrogens (tertiary/aromatic N) is 2. The summed E-state index contributed by atoms with van der Waals surface area (Å²) >= 11 is 6.06. The number of benzene rings is 1. The lowest BCUT2D eigenvalue weighted by molar-refractivity contribution is -0.131. The van der Waals surface area contributed by atoms with E-state index in [1.165, 1.54) is 6.07 Å². The number of rotatable bonds is 3. The molecular weight excluding hydrogens is 384 g/mol. The highest BCUT2D eigenvalue weighted by Gasteiger charge is 2.27. The van der Waals surface area contributed by atoms with Crippen molar-refractivity contribution >= 4 is 29.2 Å². The number of carbonyl (C=O) groups excluding carboxylic acids is 2. The Morgan fingerprint density at radius 3 is 2.64 bits per heavy atom. The zero-order valence-electron chi connectivity index (χ0n) is 15.0. The van der Waals surface area contributed by atoms with E-state index in [-0.39, 0.29) is 11.8 Å². The summed E-state index contributed by atoms with van der Waals surface area (Å²) in [6.07, 6.45) is 1.30. The van der Waals surface area contributed by atoms with Crippen LogP contribution < -0.4 is 25.2 Å². The Morgan fingerprint density at radius 2 is 1.86 bits per heavy atom. The standard InChI is InChI=1S/C19H19ClN4O4/c20-16-9-12(10-17(21-16)24-7-3-4-8-24)18(25)22-23-19(26)15-11-27-13-5-1-2-6-14(13)28-15/h1-2,5-6,9-10,15H,3-4,7-8,11H2,(H,22,25)(H,23,26). The van der Waals surface area contributed by atoms with Crippen molar-refractivity contribution in [1.82, 2.24) is 15.8 Å². The summed E-state index contributed by atoms with van der Waals surface area (Å²) in [5.74, 6) is 0.716. The lowest BCUT2D eigenvalue weighted by Crippen LogP contribution is -2.50. The molecular formula is C19H19ClN4O4. The molecule has 1 aromatic heterocycles. The number of hydrazine groups is 1. The van der Waals surface area contributed by atoms with Gasteiger partial charge in [-0.3, -0.25) is 20.4 Å². The number of carbonyl (C=O) groups is 2. The quantitative estimate of drug-likeness (QED) is 0.602. The molecule has 146 valence electrons. The smallest absolute Gasteiger partial charge is 0.283 e. The Bertz CT molecular complexity index is 901. The zero-order chi connectivity index (χ0) is 19.5. The number of fused-ring (bicyclic) bond motifs is 1. The van der Waals surface area contributed by atoms with Gasteiger partial charge in [0.15, 0.2) is 11.5 Å². The molecule has 3 heterocycles. The lowest BCUT2D eigenvalue weighted by Gasteiger charge is -2.25. The van der Waals surface area contributed by atoms with Gasteiger partial charge in [-0.1, -0.05) is 23.7 Å².